The first kappa shape index (κ1) is 18.3. The summed E-state index contributed by atoms with van der Waals surface area (Å²) in [4.78, 5) is 25.2. The molecule has 132 valence electrons. The molecule has 1 aromatic rings. The SMILES string of the molecule is CC(C)(C)OC(=O)N(Cc1ccccc1)[C@H]1CNC(CC(=O)O)C1. The van der Waals surface area contributed by atoms with Crippen molar-refractivity contribution in [1.29, 1.82) is 0 Å². The lowest BCUT2D eigenvalue weighted by atomic mass is 10.1. The lowest BCUT2D eigenvalue weighted by molar-refractivity contribution is -0.137. The first-order valence-electron chi connectivity index (χ1n) is 8.23. The van der Waals surface area contributed by atoms with Gasteiger partial charge in [0.25, 0.3) is 0 Å². The molecule has 0 aliphatic carbocycles. The van der Waals surface area contributed by atoms with Crippen molar-refractivity contribution in [2.24, 2.45) is 0 Å². The number of benzene rings is 1. The molecule has 0 radical (unpaired) electrons. The summed E-state index contributed by atoms with van der Waals surface area (Å²) < 4.78 is 5.54. The minimum atomic E-state index is -0.833. The number of nitrogens with one attached hydrogen (secondary N) is 1. The van der Waals surface area contributed by atoms with Crippen molar-refractivity contribution in [3.8, 4) is 0 Å². The maximum Gasteiger partial charge on any atom is 0.410 e. The smallest absolute Gasteiger partial charge is 0.410 e. The average Bonchev–Trinajstić information content (AvgIpc) is 2.91. The predicted molar refractivity (Wildman–Crippen MR) is 90.7 cm³/mol. The Morgan fingerprint density at radius 3 is 2.54 bits per heavy atom. The van der Waals surface area contributed by atoms with Crippen LogP contribution in [0, 0.1) is 0 Å². The summed E-state index contributed by atoms with van der Waals surface area (Å²) >= 11 is 0. The zero-order valence-electron chi connectivity index (χ0n) is 14.5. The van der Waals surface area contributed by atoms with Gasteiger partial charge in [-0.05, 0) is 32.8 Å². The second kappa shape index (κ2) is 7.66. The van der Waals surface area contributed by atoms with Gasteiger partial charge in [-0.1, -0.05) is 30.3 Å². The van der Waals surface area contributed by atoms with E-state index in [1.54, 1.807) is 4.90 Å². The second-order valence-electron chi connectivity index (χ2n) is 7.19. The van der Waals surface area contributed by atoms with Crippen molar-refractivity contribution in [2.45, 2.75) is 57.8 Å². The van der Waals surface area contributed by atoms with E-state index in [-0.39, 0.29) is 24.6 Å². The van der Waals surface area contributed by atoms with Crippen LogP contribution in [0.3, 0.4) is 0 Å². The number of amides is 1. The minimum Gasteiger partial charge on any atom is -0.481 e. The Morgan fingerprint density at radius 2 is 1.96 bits per heavy atom. The van der Waals surface area contributed by atoms with E-state index in [1.807, 2.05) is 51.1 Å². The molecule has 1 fully saturated rings. The molecular formula is C18H26N2O4. The molecule has 1 aliphatic heterocycles. The Labute approximate surface area is 142 Å². The van der Waals surface area contributed by atoms with Crippen LogP contribution in [0.1, 0.15) is 39.2 Å². The van der Waals surface area contributed by atoms with Gasteiger partial charge in [-0.3, -0.25) is 9.69 Å². The van der Waals surface area contributed by atoms with E-state index >= 15 is 0 Å². The normalized spacial score (nSPS) is 20.6. The molecule has 2 N–H and O–H groups in total. The van der Waals surface area contributed by atoms with Crippen LogP contribution in [0.25, 0.3) is 0 Å². The lowest BCUT2D eigenvalue weighted by Gasteiger charge is -2.31. The molecule has 1 saturated heterocycles. The molecular weight excluding hydrogens is 308 g/mol. The van der Waals surface area contributed by atoms with E-state index in [9.17, 15) is 9.59 Å². The quantitative estimate of drug-likeness (QED) is 0.865. The number of hydrogen-bond acceptors (Lipinski definition) is 4. The topological polar surface area (TPSA) is 78.9 Å². The van der Waals surface area contributed by atoms with E-state index in [0.717, 1.165) is 5.56 Å². The highest BCUT2D eigenvalue weighted by molar-refractivity contribution is 5.69. The van der Waals surface area contributed by atoms with Gasteiger partial charge in [0.1, 0.15) is 5.60 Å². The molecule has 1 aliphatic rings. The highest BCUT2D eigenvalue weighted by Crippen LogP contribution is 2.21. The summed E-state index contributed by atoms with van der Waals surface area (Å²) in [6.07, 6.45) is 0.302. The van der Waals surface area contributed by atoms with Crippen LogP contribution in [0.4, 0.5) is 4.79 Å². The van der Waals surface area contributed by atoms with Crippen molar-refractivity contribution in [3.63, 3.8) is 0 Å². The van der Waals surface area contributed by atoms with Crippen LogP contribution in [-0.2, 0) is 16.1 Å². The van der Waals surface area contributed by atoms with E-state index in [0.29, 0.717) is 19.5 Å². The Balaban J connectivity index is 2.10. The van der Waals surface area contributed by atoms with Crippen molar-refractivity contribution < 1.29 is 19.4 Å². The third-order valence-electron chi connectivity index (χ3n) is 3.88. The number of nitrogens with zero attached hydrogens (tertiary/aromatic N) is 1. The summed E-state index contributed by atoms with van der Waals surface area (Å²) in [5, 5.41) is 12.1. The summed E-state index contributed by atoms with van der Waals surface area (Å²) in [6, 6.07) is 9.54. The van der Waals surface area contributed by atoms with E-state index < -0.39 is 11.6 Å². The van der Waals surface area contributed by atoms with E-state index in [1.165, 1.54) is 0 Å². The summed E-state index contributed by atoms with van der Waals surface area (Å²) in [5.41, 5.74) is 0.448. The maximum absolute atomic E-state index is 12.6. The fourth-order valence-corrected chi connectivity index (χ4v) is 2.84. The molecule has 0 spiro atoms. The summed E-state index contributed by atoms with van der Waals surface area (Å²) in [5.74, 6) is -0.833. The van der Waals surface area contributed by atoms with Crippen LogP contribution >= 0.6 is 0 Å². The lowest BCUT2D eigenvalue weighted by Crippen LogP contribution is -2.43. The molecule has 2 rings (SSSR count). The average molecular weight is 334 g/mol. The molecule has 6 nitrogen and oxygen atoms in total. The van der Waals surface area contributed by atoms with Gasteiger partial charge in [0.15, 0.2) is 0 Å². The Morgan fingerprint density at radius 1 is 1.29 bits per heavy atom. The fourth-order valence-electron chi connectivity index (χ4n) is 2.84. The van der Waals surface area contributed by atoms with E-state index in [2.05, 4.69) is 5.32 Å². The molecule has 0 bridgehead atoms. The van der Waals surface area contributed by atoms with Crippen LogP contribution < -0.4 is 5.32 Å². The molecule has 2 atom stereocenters. The van der Waals surface area contributed by atoms with Gasteiger partial charge >= 0.3 is 12.1 Å². The fraction of sp³-hybridized carbons (Fsp3) is 0.556. The van der Waals surface area contributed by atoms with Crippen LogP contribution in [-0.4, -0.2) is 46.3 Å². The molecule has 1 amide bonds. The number of ether oxygens (including phenoxy) is 1. The number of carbonyl (C=O) groups excluding carboxylic acids is 1. The first-order valence-corrected chi connectivity index (χ1v) is 8.23. The highest BCUT2D eigenvalue weighted by Gasteiger charge is 2.34. The molecule has 1 heterocycles. The number of carboxylic acids is 1. The Kier molecular flexibility index (Phi) is 5.83. The van der Waals surface area contributed by atoms with Crippen molar-refractivity contribution >= 4 is 12.1 Å². The number of hydrogen-bond donors (Lipinski definition) is 2. The van der Waals surface area contributed by atoms with Crippen LogP contribution in [0.2, 0.25) is 0 Å². The molecule has 24 heavy (non-hydrogen) atoms. The third-order valence-corrected chi connectivity index (χ3v) is 3.88. The number of rotatable bonds is 5. The van der Waals surface area contributed by atoms with Gasteiger partial charge in [-0.25, -0.2) is 4.79 Å². The number of carboxylic acid groups (broad SMARTS) is 1. The largest absolute Gasteiger partial charge is 0.481 e. The van der Waals surface area contributed by atoms with Gasteiger partial charge in [-0.2, -0.15) is 0 Å². The van der Waals surface area contributed by atoms with Gasteiger partial charge in [0.05, 0.1) is 6.42 Å². The third kappa shape index (κ3) is 5.53. The van der Waals surface area contributed by atoms with Gasteiger partial charge in [0.2, 0.25) is 0 Å². The van der Waals surface area contributed by atoms with E-state index in [4.69, 9.17) is 9.84 Å². The molecule has 6 heteroatoms. The molecule has 1 aromatic carbocycles. The first-order chi connectivity index (χ1) is 11.2. The van der Waals surface area contributed by atoms with Gasteiger partial charge in [0, 0.05) is 25.2 Å². The predicted octanol–water partition coefficient (Wildman–Crippen LogP) is 2.63. The summed E-state index contributed by atoms with van der Waals surface area (Å²) in [6.45, 7) is 6.54. The van der Waals surface area contributed by atoms with Gasteiger partial charge in [-0.15, -0.1) is 0 Å². The van der Waals surface area contributed by atoms with Crippen molar-refractivity contribution in [1.82, 2.24) is 10.2 Å². The van der Waals surface area contributed by atoms with Crippen LogP contribution in [0.15, 0.2) is 30.3 Å². The molecule has 0 aromatic heterocycles. The number of aliphatic carboxylic acids is 1. The monoisotopic (exact) mass is 334 g/mol. The Hall–Kier alpha value is -2.08. The van der Waals surface area contributed by atoms with Crippen molar-refractivity contribution in [2.75, 3.05) is 6.54 Å². The standard InChI is InChI=1S/C18H26N2O4/c1-18(2,3)24-17(23)20(12-13-7-5-4-6-8-13)15-9-14(19-11-15)10-16(21)22/h4-8,14-15,19H,9-12H2,1-3H3,(H,21,22)/t14?,15-/m1/s1. The second-order valence-corrected chi connectivity index (χ2v) is 7.19. The maximum atomic E-state index is 12.6. The van der Waals surface area contributed by atoms with Crippen molar-refractivity contribution in [3.05, 3.63) is 35.9 Å². The number of carbonyl (C=O) groups is 2. The Bertz CT molecular complexity index is 568. The van der Waals surface area contributed by atoms with Crippen LogP contribution in [0.5, 0.6) is 0 Å². The van der Waals surface area contributed by atoms with Gasteiger partial charge < -0.3 is 15.2 Å². The molecule has 0 saturated carbocycles. The zero-order chi connectivity index (χ0) is 17.7. The summed E-state index contributed by atoms with van der Waals surface area (Å²) in [7, 11) is 0. The molecule has 1 unspecified atom stereocenters. The zero-order valence-corrected chi connectivity index (χ0v) is 14.5. The highest BCUT2D eigenvalue weighted by atomic mass is 16.6. The minimum absolute atomic E-state index is 0.0595.